The van der Waals surface area contributed by atoms with E-state index in [-0.39, 0.29) is 0 Å². The number of hydrogen-bond donors (Lipinski definition) is 0. The Labute approximate surface area is 178 Å². The predicted octanol–water partition coefficient (Wildman–Crippen LogP) is 5.01. The minimum atomic E-state index is 0.335. The lowest BCUT2D eigenvalue weighted by Crippen LogP contribution is -2.42. The summed E-state index contributed by atoms with van der Waals surface area (Å²) in [4.78, 5) is 4.83. The quantitative estimate of drug-likeness (QED) is 0.713. The summed E-state index contributed by atoms with van der Waals surface area (Å²) in [5.41, 5.74) is 3.04. The lowest BCUT2D eigenvalue weighted by molar-refractivity contribution is 0.244. The molecule has 6 heteroatoms. The fraction of sp³-hybridized carbons (Fsp3) is 0.522. The molecule has 4 rings (SSSR count). The summed E-state index contributed by atoms with van der Waals surface area (Å²) in [5, 5.41) is 18.5. The van der Waals surface area contributed by atoms with E-state index < -0.39 is 0 Å². The second-order valence-corrected chi connectivity index (χ2v) is 9.32. The van der Waals surface area contributed by atoms with Crippen molar-refractivity contribution in [1.82, 2.24) is 10.2 Å². The first-order chi connectivity index (χ1) is 13.9. The van der Waals surface area contributed by atoms with Crippen molar-refractivity contribution in [3.05, 3.63) is 46.6 Å². The molecule has 5 nitrogen and oxygen atoms in total. The summed E-state index contributed by atoms with van der Waals surface area (Å²) in [6.07, 6.45) is 3.51. The maximum Gasteiger partial charge on any atom is 0.151 e. The molecular weight excluding hydrogens is 382 g/mol. The minimum Gasteiger partial charge on any atom is -0.368 e. The van der Waals surface area contributed by atoms with Gasteiger partial charge in [0.15, 0.2) is 5.82 Å². The first kappa shape index (κ1) is 20.0. The van der Waals surface area contributed by atoms with Crippen molar-refractivity contribution in [1.29, 1.82) is 5.26 Å². The lowest BCUT2D eigenvalue weighted by atomic mass is 9.77. The second kappa shape index (κ2) is 7.84. The molecule has 0 aliphatic carbocycles. The van der Waals surface area contributed by atoms with E-state index in [2.05, 4.69) is 59.0 Å². The summed E-state index contributed by atoms with van der Waals surface area (Å²) < 4.78 is 0. The molecule has 2 aliphatic heterocycles. The van der Waals surface area contributed by atoms with Gasteiger partial charge in [0.05, 0.1) is 16.3 Å². The highest BCUT2D eigenvalue weighted by molar-refractivity contribution is 6.32. The van der Waals surface area contributed by atoms with E-state index >= 15 is 0 Å². The first-order valence-corrected chi connectivity index (χ1v) is 10.8. The van der Waals surface area contributed by atoms with Gasteiger partial charge in [0.25, 0.3) is 0 Å². The third-order valence-corrected chi connectivity index (χ3v) is 6.89. The van der Waals surface area contributed by atoms with Gasteiger partial charge < -0.3 is 9.80 Å². The van der Waals surface area contributed by atoms with Crippen molar-refractivity contribution in [3.8, 4) is 6.07 Å². The van der Waals surface area contributed by atoms with Crippen LogP contribution in [0.4, 0.5) is 11.5 Å². The lowest BCUT2D eigenvalue weighted by Gasteiger charge is -2.39. The highest BCUT2D eigenvalue weighted by Crippen LogP contribution is 2.45. The maximum absolute atomic E-state index is 9.12. The highest BCUT2D eigenvalue weighted by Gasteiger charge is 2.44. The van der Waals surface area contributed by atoms with Crippen molar-refractivity contribution in [2.45, 2.75) is 52.0 Å². The molecule has 0 N–H and O–H groups in total. The van der Waals surface area contributed by atoms with Gasteiger partial charge >= 0.3 is 0 Å². The van der Waals surface area contributed by atoms with E-state index in [0.717, 1.165) is 49.7 Å². The third-order valence-electron chi connectivity index (χ3n) is 6.58. The van der Waals surface area contributed by atoms with Crippen molar-refractivity contribution in [2.24, 2.45) is 5.41 Å². The highest BCUT2D eigenvalue weighted by atomic mass is 35.5. The van der Waals surface area contributed by atoms with Gasteiger partial charge in [-0.25, -0.2) is 0 Å². The Hall–Kier alpha value is -2.32. The van der Waals surface area contributed by atoms with Gasteiger partial charge in [-0.1, -0.05) is 25.4 Å². The molecule has 1 spiro atoms. The summed E-state index contributed by atoms with van der Waals surface area (Å²) in [6, 6.07) is 12.6. The zero-order chi connectivity index (χ0) is 20.6. The number of benzene rings is 1. The summed E-state index contributed by atoms with van der Waals surface area (Å²) in [6.45, 7) is 9.66. The molecule has 0 bridgehead atoms. The van der Waals surface area contributed by atoms with E-state index in [4.69, 9.17) is 16.9 Å². The molecule has 1 atom stereocenters. The molecule has 2 aliphatic rings. The first-order valence-electron chi connectivity index (χ1n) is 10.5. The number of nitrogens with zero attached hydrogens (tertiary/aromatic N) is 5. The normalized spacial score (nSPS) is 21.0. The van der Waals surface area contributed by atoms with Crippen LogP contribution in [0.15, 0.2) is 30.3 Å². The largest absolute Gasteiger partial charge is 0.368 e. The van der Waals surface area contributed by atoms with Gasteiger partial charge in [-0.15, -0.1) is 5.10 Å². The van der Waals surface area contributed by atoms with Crippen LogP contribution in [0.3, 0.4) is 0 Å². The molecule has 0 amide bonds. The van der Waals surface area contributed by atoms with Gasteiger partial charge in [0.2, 0.25) is 0 Å². The SMILES string of the molecule is CC(C)c1ccc(N2CCC3(CC2)CC(C)N(c2ccc(C#N)c(Cl)c2)C3)nn1. The molecule has 0 radical (unpaired) electrons. The summed E-state index contributed by atoms with van der Waals surface area (Å²) in [7, 11) is 0. The molecule has 1 aromatic carbocycles. The Morgan fingerprint density at radius 1 is 1.17 bits per heavy atom. The number of aromatic nitrogens is 2. The third kappa shape index (κ3) is 3.91. The molecule has 1 aromatic heterocycles. The van der Waals surface area contributed by atoms with Crippen molar-refractivity contribution in [2.75, 3.05) is 29.4 Å². The number of hydrogen-bond acceptors (Lipinski definition) is 5. The number of nitriles is 1. The fourth-order valence-electron chi connectivity index (χ4n) is 4.82. The van der Waals surface area contributed by atoms with Crippen LogP contribution in [0.25, 0.3) is 0 Å². The predicted molar refractivity (Wildman–Crippen MR) is 118 cm³/mol. The van der Waals surface area contributed by atoms with E-state index in [1.165, 1.54) is 6.42 Å². The summed E-state index contributed by atoms with van der Waals surface area (Å²) >= 11 is 6.28. The van der Waals surface area contributed by atoms with E-state index in [9.17, 15) is 0 Å². The van der Waals surface area contributed by atoms with Gasteiger partial charge in [-0.3, -0.25) is 0 Å². The van der Waals surface area contributed by atoms with E-state index in [0.29, 0.717) is 28.0 Å². The number of rotatable bonds is 3. The van der Waals surface area contributed by atoms with E-state index in [1.807, 2.05) is 18.2 Å². The van der Waals surface area contributed by atoms with Gasteiger partial charge in [-0.05, 0) is 67.9 Å². The van der Waals surface area contributed by atoms with Gasteiger partial charge in [-0.2, -0.15) is 10.4 Å². The van der Waals surface area contributed by atoms with Crippen LogP contribution in [0.2, 0.25) is 5.02 Å². The Bertz CT molecular complexity index is 910. The zero-order valence-corrected chi connectivity index (χ0v) is 18.2. The topological polar surface area (TPSA) is 56.0 Å². The van der Waals surface area contributed by atoms with Gasteiger partial charge in [0, 0.05) is 31.4 Å². The van der Waals surface area contributed by atoms with Crippen LogP contribution in [-0.2, 0) is 0 Å². The Balaban J connectivity index is 1.43. The van der Waals surface area contributed by atoms with Crippen LogP contribution >= 0.6 is 11.6 Å². The maximum atomic E-state index is 9.12. The molecule has 2 fully saturated rings. The molecule has 2 saturated heterocycles. The zero-order valence-electron chi connectivity index (χ0n) is 17.4. The average Bonchev–Trinajstić information content (AvgIpc) is 3.04. The molecule has 2 aromatic rings. The molecular formula is C23H28ClN5. The number of halogens is 1. The Morgan fingerprint density at radius 3 is 2.52 bits per heavy atom. The van der Waals surface area contributed by atoms with Gasteiger partial charge in [0.1, 0.15) is 6.07 Å². The van der Waals surface area contributed by atoms with E-state index in [1.54, 1.807) is 0 Å². The molecule has 1 unspecified atom stereocenters. The van der Waals surface area contributed by atoms with Crippen LogP contribution in [0.1, 0.15) is 57.2 Å². The molecule has 152 valence electrons. The van der Waals surface area contributed by atoms with Crippen molar-refractivity contribution in [3.63, 3.8) is 0 Å². The Morgan fingerprint density at radius 2 is 1.93 bits per heavy atom. The minimum absolute atomic E-state index is 0.335. The number of piperidine rings is 1. The second-order valence-electron chi connectivity index (χ2n) is 8.92. The Kier molecular flexibility index (Phi) is 5.40. The fourth-order valence-corrected chi connectivity index (χ4v) is 5.04. The molecule has 3 heterocycles. The summed E-state index contributed by atoms with van der Waals surface area (Å²) in [5.74, 6) is 1.40. The van der Waals surface area contributed by atoms with Crippen LogP contribution in [0, 0.1) is 16.7 Å². The van der Waals surface area contributed by atoms with Crippen LogP contribution < -0.4 is 9.80 Å². The molecule has 0 saturated carbocycles. The average molecular weight is 410 g/mol. The van der Waals surface area contributed by atoms with Crippen LogP contribution in [0.5, 0.6) is 0 Å². The van der Waals surface area contributed by atoms with Crippen molar-refractivity contribution >= 4 is 23.1 Å². The standard InChI is InChI=1S/C23H28ClN5/c1-16(2)21-6-7-22(27-26-21)28-10-8-23(9-11-28)13-17(3)29(15-23)19-5-4-18(14-25)20(24)12-19/h4-7,12,16-17H,8-11,13,15H2,1-3H3. The van der Waals surface area contributed by atoms with Crippen molar-refractivity contribution < 1.29 is 0 Å². The smallest absolute Gasteiger partial charge is 0.151 e. The van der Waals surface area contributed by atoms with Crippen LogP contribution in [-0.4, -0.2) is 35.9 Å². The monoisotopic (exact) mass is 409 g/mol. The molecule has 29 heavy (non-hydrogen) atoms. The number of anilines is 2.